The van der Waals surface area contributed by atoms with E-state index < -0.39 is 0 Å². The molecule has 4 rings (SSSR count). The van der Waals surface area contributed by atoms with Gasteiger partial charge in [0.15, 0.2) is 0 Å². The zero-order valence-corrected chi connectivity index (χ0v) is 20.6. The van der Waals surface area contributed by atoms with Crippen LogP contribution in [0, 0.1) is 5.92 Å². The van der Waals surface area contributed by atoms with E-state index in [-0.39, 0.29) is 11.5 Å². The number of aromatic nitrogens is 2. The Morgan fingerprint density at radius 1 is 1.27 bits per heavy atom. The molecule has 2 saturated heterocycles. The molecule has 2 aliphatic rings. The molecule has 0 atom stereocenters. The van der Waals surface area contributed by atoms with Crippen molar-refractivity contribution in [2.24, 2.45) is 5.92 Å². The number of nitrogens with one attached hydrogen (secondary N) is 1. The number of hydrogen-bond donors (Lipinski definition) is 1. The molecule has 176 valence electrons. The van der Waals surface area contributed by atoms with Gasteiger partial charge in [-0.3, -0.25) is 23.8 Å². The minimum absolute atomic E-state index is 0.158. The molecule has 1 N–H and O–H groups in total. The van der Waals surface area contributed by atoms with Gasteiger partial charge in [0, 0.05) is 32.4 Å². The summed E-state index contributed by atoms with van der Waals surface area (Å²) in [7, 11) is 0. The van der Waals surface area contributed by atoms with E-state index in [1.807, 2.05) is 19.9 Å². The first-order valence-corrected chi connectivity index (χ1v) is 12.5. The largest absolute Gasteiger partial charge is 0.379 e. The molecule has 2 fully saturated rings. The third kappa shape index (κ3) is 5.63. The van der Waals surface area contributed by atoms with Crippen LogP contribution in [-0.4, -0.2) is 75.3 Å². The van der Waals surface area contributed by atoms with Crippen LogP contribution in [0.4, 0.5) is 5.82 Å². The Morgan fingerprint density at radius 3 is 2.82 bits per heavy atom. The lowest BCUT2D eigenvalue weighted by Gasteiger charge is -2.26. The number of carbonyl (C=O) groups excluding carboxylic acids is 1. The maximum Gasteiger partial charge on any atom is 0.267 e. The number of morpholine rings is 1. The van der Waals surface area contributed by atoms with E-state index in [0.717, 1.165) is 39.3 Å². The van der Waals surface area contributed by atoms with Crippen LogP contribution in [-0.2, 0) is 9.53 Å². The second-order valence-corrected chi connectivity index (χ2v) is 10.2. The normalized spacial score (nSPS) is 18.8. The van der Waals surface area contributed by atoms with Crippen LogP contribution in [0.5, 0.6) is 0 Å². The molecule has 4 heterocycles. The molecule has 0 aromatic carbocycles. The molecule has 2 aromatic rings. The van der Waals surface area contributed by atoms with E-state index >= 15 is 0 Å². The number of ether oxygens (including phenoxy) is 1. The fourth-order valence-corrected chi connectivity index (χ4v) is 5.11. The number of thioether (sulfide) groups is 1. The minimum Gasteiger partial charge on any atom is -0.379 e. The van der Waals surface area contributed by atoms with Crippen molar-refractivity contribution in [3.8, 4) is 0 Å². The number of pyridine rings is 1. The summed E-state index contributed by atoms with van der Waals surface area (Å²) in [6.07, 6.45) is 4.23. The Hall–Kier alpha value is -2.27. The summed E-state index contributed by atoms with van der Waals surface area (Å²) < 4.78 is 7.42. The van der Waals surface area contributed by atoms with Gasteiger partial charge in [-0.2, -0.15) is 0 Å². The first kappa shape index (κ1) is 23.9. The third-order valence-corrected chi connectivity index (χ3v) is 6.89. The Kier molecular flexibility index (Phi) is 7.79. The highest BCUT2D eigenvalue weighted by molar-refractivity contribution is 8.26. The molecule has 0 bridgehead atoms. The van der Waals surface area contributed by atoms with E-state index in [0.29, 0.717) is 45.3 Å². The fourth-order valence-electron chi connectivity index (χ4n) is 3.86. The zero-order valence-electron chi connectivity index (χ0n) is 19.0. The van der Waals surface area contributed by atoms with Crippen molar-refractivity contribution in [1.29, 1.82) is 0 Å². The number of hydrogen-bond acceptors (Lipinski definition) is 8. The highest BCUT2D eigenvalue weighted by Gasteiger charge is 2.32. The number of rotatable bonds is 8. The summed E-state index contributed by atoms with van der Waals surface area (Å²) in [6.45, 7) is 9.70. The van der Waals surface area contributed by atoms with Gasteiger partial charge in [0.2, 0.25) is 0 Å². The van der Waals surface area contributed by atoms with Crippen LogP contribution >= 0.6 is 24.0 Å². The van der Waals surface area contributed by atoms with Crippen LogP contribution in [0.1, 0.15) is 25.8 Å². The van der Waals surface area contributed by atoms with Gasteiger partial charge in [0.1, 0.15) is 15.8 Å². The molecular formula is C23H29N5O3S2. The van der Waals surface area contributed by atoms with Crippen molar-refractivity contribution in [3.05, 3.63) is 45.2 Å². The van der Waals surface area contributed by atoms with Crippen molar-refractivity contribution in [3.63, 3.8) is 0 Å². The van der Waals surface area contributed by atoms with Crippen LogP contribution in [0.15, 0.2) is 34.1 Å². The molecule has 0 radical (unpaired) electrons. The van der Waals surface area contributed by atoms with E-state index in [2.05, 4.69) is 15.2 Å². The van der Waals surface area contributed by atoms with Gasteiger partial charge in [0.25, 0.3) is 11.5 Å². The van der Waals surface area contributed by atoms with Gasteiger partial charge in [0.05, 0.1) is 23.7 Å². The SMILES string of the molecule is CC(C)CN1C(=O)/C(=C/c2c(NCCCN3CCOCC3)nc3ccccn3c2=O)SC1=S. The molecule has 0 spiro atoms. The quantitative estimate of drug-likeness (QED) is 0.346. The molecule has 0 aliphatic carbocycles. The summed E-state index contributed by atoms with van der Waals surface area (Å²) in [5, 5.41) is 3.34. The lowest BCUT2D eigenvalue weighted by molar-refractivity contribution is -0.122. The molecule has 0 saturated carbocycles. The van der Waals surface area contributed by atoms with Crippen molar-refractivity contribution in [1.82, 2.24) is 19.2 Å². The number of carbonyl (C=O) groups is 1. The standard InChI is InChI=1S/C23H29N5O3S2/c1-16(2)15-28-22(30)18(33-23(28)32)14-17-20(24-7-5-8-26-10-12-31-13-11-26)25-19-6-3-4-9-27(19)21(17)29/h3-4,6,9,14,16,24H,5,7-8,10-13,15H2,1-2H3/b18-14-. The monoisotopic (exact) mass is 487 g/mol. The Labute approximate surface area is 203 Å². The van der Waals surface area contributed by atoms with Crippen LogP contribution in [0.3, 0.4) is 0 Å². The molecular weight excluding hydrogens is 458 g/mol. The van der Waals surface area contributed by atoms with Gasteiger partial charge in [-0.25, -0.2) is 4.98 Å². The highest BCUT2D eigenvalue weighted by Crippen LogP contribution is 2.33. The summed E-state index contributed by atoms with van der Waals surface area (Å²) in [4.78, 5) is 35.4. The third-order valence-electron chi connectivity index (χ3n) is 5.51. The van der Waals surface area contributed by atoms with Crippen molar-refractivity contribution in [2.45, 2.75) is 20.3 Å². The van der Waals surface area contributed by atoms with Crippen molar-refractivity contribution < 1.29 is 9.53 Å². The Morgan fingerprint density at radius 2 is 2.06 bits per heavy atom. The fraction of sp³-hybridized carbons (Fsp3) is 0.478. The smallest absolute Gasteiger partial charge is 0.267 e. The Bertz CT molecular complexity index is 1120. The van der Waals surface area contributed by atoms with E-state index in [4.69, 9.17) is 17.0 Å². The van der Waals surface area contributed by atoms with E-state index in [1.54, 1.807) is 29.3 Å². The molecule has 2 aliphatic heterocycles. The van der Waals surface area contributed by atoms with E-state index in [9.17, 15) is 9.59 Å². The van der Waals surface area contributed by atoms with Crippen LogP contribution in [0.25, 0.3) is 11.7 Å². The first-order valence-electron chi connectivity index (χ1n) is 11.2. The Balaban J connectivity index is 1.59. The second kappa shape index (κ2) is 10.8. The average Bonchev–Trinajstić information content (AvgIpc) is 3.06. The highest BCUT2D eigenvalue weighted by atomic mass is 32.2. The summed E-state index contributed by atoms with van der Waals surface area (Å²) >= 11 is 6.65. The van der Waals surface area contributed by atoms with Gasteiger partial charge in [-0.15, -0.1) is 0 Å². The number of anilines is 1. The van der Waals surface area contributed by atoms with Gasteiger partial charge < -0.3 is 10.1 Å². The lowest BCUT2D eigenvalue weighted by atomic mass is 10.2. The van der Waals surface area contributed by atoms with Crippen LogP contribution < -0.4 is 10.9 Å². The molecule has 8 nitrogen and oxygen atoms in total. The summed E-state index contributed by atoms with van der Waals surface area (Å²) in [6, 6.07) is 5.43. The molecule has 2 aromatic heterocycles. The molecule has 1 amide bonds. The maximum atomic E-state index is 13.3. The predicted molar refractivity (Wildman–Crippen MR) is 137 cm³/mol. The molecule has 33 heavy (non-hydrogen) atoms. The van der Waals surface area contributed by atoms with Gasteiger partial charge in [-0.1, -0.05) is 43.9 Å². The summed E-state index contributed by atoms with van der Waals surface area (Å²) in [5.74, 6) is 0.625. The van der Waals surface area contributed by atoms with Crippen molar-refractivity contribution >= 4 is 51.7 Å². The van der Waals surface area contributed by atoms with Gasteiger partial charge in [-0.05, 0) is 37.1 Å². The average molecular weight is 488 g/mol. The predicted octanol–water partition coefficient (Wildman–Crippen LogP) is 2.69. The van der Waals surface area contributed by atoms with E-state index in [1.165, 1.54) is 16.2 Å². The zero-order chi connectivity index (χ0) is 23.4. The topological polar surface area (TPSA) is 79.2 Å². The number of nitrogens with zero attached hydrogens (tertiary/aromatic N) is 4. The first-order chi connectivity index (χ1) is 15.9. The number of amides is 1. The lowest BCUT2D eigenvalue weighted by Crippen LogP contribution is -2.37. The number of fused-ring (bicyclic) bond motifs is 1. The van der Waals surface area contributed by atoms with Gasteiger partial charge >= 0.3 is 0 Å². The second-order valence-electron chi connectivity index (χ2n) is 8.53. The molecule has 10 heteroatoms. The maximum absolute atomic E-state index is 13.3. The number of thiocarbonyl (C=S) groups is 1. The van der Waals surface area contributed by atoms with Crippen molar-refractivity contribution in [2.75, 3.05) is 51.3 Å². The summed E-state index contributed by atoms with van der Waals surface area (Å²) in [5.41, 5.74) is 0.711. The minimum atomic E-state index is -0.217. The van der Waals surface area contributed by atoms with Crippen LogP contribution in [0.2, 0.25) is 0 Å². The molecule has 0 unspecified atom stereocenters.